The number of benzene rings is 3. The van der Waals surface area contributed by atoms with Gasteiger partial charge in [0, 0.05) is 0 Å². The second kappa shape index (κ2) is 9.61. The number of anilines is 1. The molecule has 1 amide bonds. The van der Waals surface area contributed by atoms with Gasteiger partial charge in [-0.25, -0.2) is 4.98 Å². The molecule has 0 radical (unpaired) electrons. The monoisotopic (exact) mass is 528 g/mol. The standard InChI is InChI=1S/C30H28N2O5S/c1-30(2,3)18-12-10-17(11-13-18)25-24(26(33)20-16-19(36-4)14-15-22(20)37-5)27(34)28(35)32(25)29-31-21-8-6-7-9-23(21)38-29/h6-16,25,33H,1-5H3/b26-24+. The molecule has 5 rings (SSSR count). The highest BCUT2D eigenvalue weighted by atomic mass is 32.1. The first-order valence-corrected chi connectivity index (χ1v) is 12.9. The second-order valence-corrected chi connectivity index (χ2v) is 11.1. The lowest BCUT2D eigenvalue weighted by Gasteiger charge is -2.25. The molecule has 8 heteroatoms. The maximum Gasteiger partial charge on any atom is 0.301 e. The van der Waals surface area contributed by atoms with E-state index in [0.29, 0.717) is 22.2 Å². The molecule has 2 heterocycles. The molecule has 0 saturated carbocycles. The third-order valence-corrected chi connectivity index (χ3v) is 7.72. The molecule has 1 unspecified atom stereocenters. The van der Waals surface area contributed by atoms with Crippen LogP contribution in [0.5, 0.6) is 11.5 Å². The predicted octanol–water partition coefficient (Wildman–Crippen LogP) is 6.24. The summed E-state index contributed by atoms with van der Waals surface area (Å²) in [7, 11) is 2.98. The molecule has 194 valence electrons. The highest BCUT2D eigenvalue weighted by Gasteiger charge is 2.48. The van der Waals surface area contributed by atoms with E-state index >= 15 is 0 Å². The number of aromatic nitrogens is 1. The first-order valence-electron chi connectivity index (χ1n) is 12.1. The summed E-state index contributed by atoms with van der Waals surface area (Å²) in [4.78, 5) is 33.2. The lowest BCUT2D eigenvalue weighted by Crippen LogP contribution is -2.29. The highest BCUT2D eigenvalue weighted by Crippen LogP contribution is 2.45. The lowest BCUT2D eigenvalue weighted by molar-refractivity contribution is -0.132. The van der Waals surface area contributed by atoms with Gasteiger partial charge in [-0.2, -0.15) is 0 Å². The molecule has 0 spiro atoms. The molecule has 1 aliphatic heterocycles. The number of para-hydroxylation sites is 1. The van der Waals surface area contributed by atoms with Gasteiger partial charge in [-0.3, -0.25) is 14.5 Å². The molecule has 3 aromatic carbocycles. The average Bonchev–Trinajstić information content (AvgIpc) is 3.45. The quantitative estimate of drug-likeness (QED) is 0.187. The number of ether oxygens (including phenoxy) is 2. The Hall–Kier alpha value is -4.17. The van der Waals surface area contributed by atoms with Crippen LogP contribution in [0.1, 0.15) is 43.5 Å². The van der Waals surface area contributed by atoms with E-state index in [9.17, 15) is 14.7 Å². The van der Waals surface area contributed by atoms with Gasteiger partial charge in [-0.05, 0) is 46.9 Å². The molecule has 4 aromatic rings. The molecule has 1 aromatic heterocycles. The van der Waals surface area contributed by atoms with Crippen LogP contribution in [0.2, 0.25) is 0 Å². The first kappa shape index (κ1) is 25.5. The second-order valence-electron chi connectivity index (χ2n) is 10.1. The SMILES string of the molecule is COc1ccc(OC)c(/C(O)=C2\C(=O)C(=O)N(c3nc4ccccc4s3)C2c2ccc(C(C)(C)C)cc2)c1. The third kappa shape index (κ3) is 4.31. The Kier molecular flexibility index (Phi) is 6.44. The summed E-state index contributed by atoms with van der Waals surface area (Å²) in [5.74, 6) is -1.07. The Bertz CT molecular complexity index is 1550. The van der Waals surface area contributed by atoms with Crippen LogP contribution in [0.15, 0.2) is 72.3 Å². The lowest BCUT2D eigenvalue weighted by atomic mass is 9.85. The molecular weight excluding hydrogens is 500 g/mol. The van der Waals surface area contributed by atoms with Crippen LogP contribution < -0.4 is 14.4 Å². The number of amides is 1. The fourth-order valence-electron chi connectivity index (χ4n) is 4.62. The number of rotatable bonds is 5. The Morgan fingerprint density at radius 2 is 1.68 bits per heavy atom. The van der Waals surface area contributed by atoms with Gasteiger partial charge >= 0.3 is 5.91 Å². The minimum atomic E-state index is -0.888. The average molecular weight is 529 g/mol. The van der Waals surface area contributed by atoms with E-state index in [1.807, 2.05) is 48.5 Å². The van der Waals surface area contributed by atoms with Gasteiger partial charge in [0.2, 0.25) is 0 Å². The summed E-state index contributed by atoms with van der Waals surface area (Å²) in [5, 5.41) is 12.0. The Balaban J connectivity index is 1.75. The smallest absolute Gasteiger partial charge is 0.301 e. The van der Waals surface area contributed by atoms with Crippen LogP contribution >= 0.6 is 11.3 Å². The summed E-state index contributed by atoms with van der Waals surface area (Å²) in [6.45, 7) is 6.35. The zero-order valence-corrected chi connectivity index (χ0v) is 22.6. The Labute approximate surface area is 225 Å². The summed E-state index contributed by atoms with van der Waals surface area (Å²) in [6.07, 6.45) is 0. The van der Waals surface area contributed by atoms with Crippen molar-refractivity contribution in [3.8, 4) is 11.5 Å². The molecule has 1 N–H and O–H groups in total. The van der Waals surface area contributed by atoms with E-state index in [1.54, 1.807) is 18.2 Å². The Morgan fingerprint density at radius 1 is 0.974 bits per heavy atom. The third-order valence-electron chi connectivity index (χ3n) is 6.69. The van der Waals surface area contributed by atoms with Crippen LogP contribution in [0, 0.1) is 0 Å². The zero-order valence-electron chi connectivity index (χ0n) is 21.8. The number of aliphatic hydroxyl groups excluding tert-OH is 1. The fourth-order valence-corrected chi connectivity index (χ4v) is 5.61. The van der Waals surface area contributed by atoms with Crippen molar-refractivity contribution in [3.63, 3.8) is 0 Å². The highest BCUT2D eigenvalue weighted by molar-refractivity contribution is 7.22. The van der Waals surface area contributed by atoms with Gasteiger partial charge in [0.1, 0.15) is 17.3 Å². The van der Waals surface area contributed by atoms with Gasteiger partial charge in [0.25, 0.3) is 5.78 Å². The molecule has 1 aliphatic rings. The number of hydrogen-bond acceptors (Lipinski definition) is 7. The summed E-state index contributed by atoms with van der Waals surface area (Å²) in [5.41, 5.74) is 2.65. The van der Waals surface area contributed by atoms with Crippen molar-refractivity contribution in [2.45, 2.75) is 32.2 Å². The fraction of sp³-hybridized carbons (Fsp3) is 0.233. The summed E-state index contributed by atoms with van der Waals surface area (Å²) in [6, 6.07) is 19.3. The van der Waals surface area contributed by atoms with E-state index < -0.39 is 17.7 Å². The van der Waals surface area contributed by atoms with Crippen molar-refractivity contribution in [1.82, 2.24) is 4.98 Å². The number of nitrogens with zero attached hydrogens (tertiary/aromatic N) is 2. The van der Waals surface area contributed by atoms with Gasteiger partial charge in [0.15, 0.2) is 5.13 Å². The summed E-state index contributed by atoms with van der Waals surface area (Å²) < 4.78 is 11.7. The number of thiazole rings is 1. The maximum atomic E-state index is 13.6. The Morgan fingerprint density at radius 3 is 2.32 bits per heavy atom. The maximum absolute atomic E-state index is 13.6. The van der Waals surface area contributed by atoms with Gasteiger partial charge < -0.3 is 14.6 Å². The number of aliphatic hydroxyl groups is 1. The predicted molar refractivity (Wildman–Crippen MR) is 149 cm³/mol. The molecule has 1 atom stereocenters. The van der Waals surface area contributed by atoms with Crippen LogP contribution in [0.4, 0.5) is 5.13 Å². The normalized spacial score (nSPS) is 17.3. The van der Waals surface area contributed by atoms with Gasteiger partial charge in [0.05, 0.1) is 41.6 Å². The summed E-state index contributed by atoms with van der Waals surface area (Å²) >= 11 is 1.32. The molecule has 0 aliphatic carbocycles. The molecule has 0 bridgehead atoms. The molecule has 38 heavy (non-hydrogen) atoms. The number of carbonyl (C=O) groups excluding carboxylic acids is 2. The topological polar surface area (TPSA) is 89.0 Å². The molecule has 1 saturated heterocycles. The number of hydrogen-bond donors (Lipinski definition) is 1. The molecule has 1 fully saturated rings. The number of ketones is 1. The largest absolute Gasteiger partial charge is 0.507 e. The number of Topliss-reactive ketones (excluding diaryl/α,β-unsaturated/α-hetero) is 1. The van der Waals surface area contributed by atoms with Gasteiger partial charge in [-0.15, -0.1) is 0 Å². The number of methoxy groups -OCH3 is 2. The van der Waals surface area contributed by atoms with Gasteiger partial charge in [-0.1, -0.05) is 68.5 Å². The first-order chi connectivity index (χ1) is 18.1. The van der Waals surface area contributed by atoms with Crippen molar-refractivity contribution < 1.29 is 24.2 Å². The van der Waals surface area contributed by atoms with E-state index in [2.05, 4.69) is 25.8 Å². The van der Waals surface area contributed by atoms with Crippen LogP contribution in [-0.2, 0) is 15.0 Å². The molecular formula is C30H28N2O5S. The van der Waals surface area contributed by atoms with Crippen LogP contribution in [-0.4, -0.2) is 36.0 Å². The van der Waals surface area contributed by atoms with Crippen molar-refractivity contribution in [3.05, 3.63) is 89.0 Å². The number of fused-ring (bicyclic) bond motifs is 1. The van der Waals surface area contributed by atoms with Crippen molar-refractivity contribution in [1.29, 1.82) is 0 Å². The van der Waals surface area contributed by atoms with E-state index in [0.717, 1.165) is 15.8 Å². The zero-order chi connectivity index (χ0) is 27.2. The van der Waals surface area contributed by atoms with Crippen molar-refractivity contribution in [2.24, 2.45) is 0 Å². The van der Waals surface area contributed by atoms with Crippen molar-refractivity contribution >= 4 is 44.1 Å². The minimum absolute atomic E-state index is 0.0377. The van der Waals surface area contributed by atoms with Crippen LogP contribution in [0.25, 0.3) is 16.0 Å². The van der Waals surface area contributed by atoms with E-state index in [-0.39, 0.29) is 22.3 Å². The number of carbonyl (C=O) groups is 2. The van der Waals surface area contributed by atoms with Crippen LogP contribution in [0.3, 0.4) is 0 Å². The van der Waals surface area contributed by atoms with E-state index in [1.165, 1.54) is 30.5 Å². The minimum Gasteiger partial charge on any atom is -0.507 e. The molecule has 7 nitrogen and oxygen atoms in total. The van der Waals surface area contributed by atoms with Crippen molar-refractivity contribution in [2.75, 3.05) is 19.1 Å². The van der Waals surface area contributed by atoms with E-state index in [4.69, 9.17) is 9.47 Å².